The van der Waals surface area contributed by atoms with E-state index in [1.54, 1.807) is 30.5 Å². The molecule has 0 spiro atoms. The minimum Gasteiger partial charge on any atom is -0.357 e. The van der Waals surface area contributed by atoms with Crippen LogP contribution in [-0.2, 0) is 21.2 Å². The first-order chi connectivity index (χ1) is 13.0. The largest absolute Gasteiger partial charge is 0.357 e. The van der Waals surface area contributed by atoms with Gasteiger partial charge in [0.25, 0.3) is 0 Å². The zero-order valence-electron chi connectivity index (χ0n) is 15.3. The lowest BCUT2D eigenvalue weighted by Gasteiger charge is -2.16. The van der Waals surface area contributed by atoms with Gasteiger partial charge in [-0.25, -0.2) is 18.1 Å². The summed E-state index contributed by atoms with van der Waals surface area (Å²) in [7, 11) is -2.06. The predicted octanol–water partition coefficient (Wildman–Crippen LogP) is 2.16. The fraction of sp³-hybridized carbons (Fsp3) is 0.368. The van der Waals surface area contributed by atoms with Crippen LogP contribution >= 0.6 is 0 Å². The van der Waals surface area contributed by atoms with Gasteiger partial charge in [0.15, 0.2) is 0 Å². The molecule has 1 aromatic heterocycles. The molecule has 0 unspecified atom stereocenters. The Morgan fingerprint density at radius 3 is 2.41 bits per heavy atom. The molecule has 2 aromatic rings. The maximum Gasteiger partial charge on any atom is 0.240 e. The maximum atomic E-state index is 12.1. The van der Waals surface area contributed by atoms with Crippen LogP contribution in [0.3, 0.4) is 0 Å². The van der Waals surface area contributed by atoms with E-state index in [1.165, 1.54) is 19.9 Å². The second-order valence-corrected chi connectivity index (χ2v) is 8.39. The molecule has 7 nitrogen and oxygen atoms in total. The molecule has 1 aromatic carbocycles. The molecule has 27 heavy (non-hydrogen) atoms. The van der Waals surface area contributed by atoms with Crippen molar-refractivity contribution in [2.45, 2.75) is 30.6 Å². The molecule has 1 saturated heterocycles. The quantitative estimate of drug-likeness (QED) is 0.758. The third kappa shape index (κ3) is 5.05. The summed E-state index contributed by atoms with van der Waals surface area (Å²) in [5.74, 6) is 0.847. The molecule has 0 aliphatic carbocycles. The molecular weight excluding hydrogens is 364 g/mol. The first-order valence-electron chi connectivity index (χ1n) is 9.01. The Morgan fingerprint density at radius 2 is 1.81 bits per heavy atom. The van der Waals surface area contributed by atoms with E-state index >= 15 is 0 Å². The number of nitrogens with zero attached hydrogens (tertiary/aromatic N) is 2. The molecular formula is C19H24N4O3S. The Kier molecular flexibility index (Phi) is 6.08. The average Bonchev–Trinajstić information content (AvgIpc) is 3.22. The van der Waals surface area contributed by atoms with Crippen LogP contribution < -0.4 is 14.9 Å². The Bertz CT molecular complexity index is 874. The number of nitrogens with one attached hydrogen (secondary N) is 2. The number of aromatic nitrogens is 1. The van der Waals surface area contributed by atoms with Crippen molar-refractivity contribution in [3.63, 3.8) is 0 Å². The van der Waals surface area contributed by atoms with Crippen LogP contribution in [0.1, 0.15) is 24.8 Å². The number of hydrogen-bond donors (Lipinski definition) is 2. The van der Waals surface area contributed by atoms with E-state index in [9.17, 15) is 13.2 Å². The summed E-state index contributed by atoms with van der Waals surface area (Å²) < 4.78 is 25.7. The average molecular weight is 388 g/mol. The molecule has 3 rings (SSSR count). The summed E-state index contributed by atoms with van der Waals surface area (Å²) in [5.41, 5.74) is 1.58. The van der Waals surface area contributed by atoms with Gasteiger partial charge >= 0.3 is 0 Å². The summed E-state index contributed by atoms with van der Waals surface area (Å²) in [6, 6.07) is 10.3. The molecule has 8 heteroatoms. The van der Waals surface area contributed by atoms with Gasteiger partial charge in [-0.3, -0.25) is 4.79 Å². The molecule has 2 N–H and O–H groups in total. The number of rotatable bonds is 7. The minimum atomic E-state index is -3.44. The SMILES string of the molecule is CNS(=O)(=O)c1ccc(CCC(=O)Nc2ccc(N3CCCC3)nc2)cc1. The third-order valence-electron chi connectivity index (χ3n) is 4.60. The van der Waals surface area contributed by atoms with Gasteiger partial charge in [-0.05, 0) is 56.1 Å². The monoisotopic (exact) mass is 388 g/mol. The Morgan fingerprint density at radius 1 is 1.11 bits per heavy atom. The number of sulfonamides is 1. The number of carbonyl (C=O) groups excluding carboxylic acids is 1. The van der Waals surface area contributed by atoms with Crippen molar-refractivity contribution >= 4 is 27.4 Å². The summed E-state index contributed by atoms with van der Waals surface area (Å²) >= 11 is 0. The van der Waals surface area contributed by atoms with Crippen LogP contribution in [0.2, 0.25) is 0 Å². The first-order valence-corrected chi connectivity index (χ1v) is 10.5. The van der Waals surface area contributed by atoms with Gasteiger partial charge in [-0.2, -0.15) is 0 Å². The van der Waals surface area contributed by atoms with Gasteiger partial charge < -0.3 is 10.2 Å². The Labute approximate surface area is 159 Å². The summed E-state index contributed by atoms with van der Waals surface area (Å²) in [6.07, 6.45) is 4.92. The van der Waals surface area contributed by atoms with E-state index in [0.29, 0.717) is 18.5 Å². The molecule has 0 saturated carbocycles. The van der Waals surface area contributed by atoms with Crippen molar-refractivity contribution in [3.05, 3.63) is 48.2 Å². The lowest BCUT2D eigenvalue weighted by Crippen LogP contribution is -2.19. The van der Waals surface area contributed by atoms with Crippen molar-refractivity contribution in [2.24, 2.45) is 0 Å². The lowest BCUT2D eigenvalue weighted by molar-refractivity contribution is -0.116. The molecule has 0 radical (unpaired) electrons. The molecule has 0 atom stereocenters. The Balaban J connectivity index is 1.50. The third-order valence-corrected chi connectivity index (χ3v) is 6.04. The van der Waals surface area contributed by atoms with Crippen LogP contribution in [0.25, 0.3) is 0 Å². The number of pyridine rings is 1. The van der Waals surface area contributed by atoms with Gasteiger partial charge in [-0.1, -0.05) is 12.1 Å². The fourth-order valence-corrected chi connectivity index (χ4v) is 3.76. The van der Waals surface area contributed by atoms with Gasteiger partial charge in [0.05, 0.1) is 16.8 Å². The molecule has 1 amide bonds. The smallest absolute Gasteiger partial charge is 0.240 e. The van der Waals surface area contributed by atoms with Gasteiger partial charge in [0.2, 0.25) is 15.9 Å². The summed E-state index contributed by atoms with van der Waals surface area (Å²) in [5, 5.41) is 2.85. The molecule has 0 bridgehead atoms. The first kappa shape index (κ1) is 19.3. The van der Waals surface area contributed by atoms with E-state index in [0.717, 1.165) is 24.5 Å². The number of aryl methyl sites for hydroxylation is 1. The topological polar surface area (TPSA) is 91.4 Å². The zero-order chi connectivity index (χ0) is 19.3. The van der Waals surface area contributed by atoms with E-state index in [1.807, 2.05) is 12.1 Å². The number of anilines is 2. The molecule has 1 aliphatic heterocycles. The van der Waals surface area contributed by atoms with E-state index in [4.69, 9.17) is 0 Å². The lowest BCUT2D eigenvalue weighted by atomic mass is 10.1. The second kappa shape index (κ2) is 8.49. The van der Waals surface area contributed by atoms with Crippen LogP contribution in [0.5, 0.6) is 0 Å². The van der Waals surface area contributed by atoms with Crippen molar-refractivity contribution in [1.29, 1.82) is 0 Å². The van der Waals surface area contributed by atoms with Gasteiger partial charge in [-0.15, -0.1) is 0 Å². The van der Waals surface area contributed by atoms with Crippen molar-refractivity contribution < 1.29 is 13.2 Å². The summed E-state index contributed by atoms with van der Waals surface area (Å²) in [6.45, 7) is 2.07. The zero-order valence-corrected chi connectivity index (χ0v) is 16.1. The molecule has 144 valence electrons. The van der Waals surface area contributed by atoms with Crippen molar-refractivity contribution in [1.82, 2.24) is 9.71 Å². The molecule has 1 fully saturated rings. The number of amides is 1. The van der Waals surface area contributed by atoms with Crippen molar-refractivity contribution in [3.8, 4) is 0 Å². The highest BCUT2D eigenvalue weighted by molar-refractivity contribution is 7.89. The predicted molar refractivity (Wildman–Crippen MR) is 105 cm³/mol. The van der Waals surface area contributed by atoms with Gasteiger partial charge in [0.1, 0.15) is 5.82 Å². The fourth-order valence-electron chi connectivity index (χ4n) is 3.03. The number of carbonyl (C=O) groups is 1. The van der Waals surface area contributed by atoms with E-state index in [-0.39, 0.29) is 10.8 Å². The van der Waals surface area contributed by atoms with Crippen LogP contribution in [0, 0.1) is 0 Å². The molecule has 1 aliphatic rings. The standard InChI is InChI=1S/C19H24N4O3S/c1-20-27(25,26)17-8-4-15(5-9-17)6-11-19(24)22-16-7-10-18(21-14-16)23-12-2-3-13-23/h4-5,7-10,14,20H,2-3,6,11-13H2,1H3,(H,22,24). The van der Waals surface area contributed by atoms with Crippen LogP contribution in [0.4, 0.5) is 11.5 Å². The van der Waals surface area contributed by atoms with Gasteiger partial charge in [0, 0.05) is 19.5 Å². The van der Waals surface area contributed by atoms with Crippen LogP contribution in [0.15, 0.2) is 47.5 Å². The van der Waals surface area contributed by atoms with E-state index < -0.39 is 10.0 Å². The highest BCUT2D eigenvalue weighted by Gasteiger charge is 2.14. The second-order valence-electron chi connectivity index (χ2n) is 6.50. The van der Waals surface area contributed by atoms with Crippen molar-refractivity contribution in [2.75, 3.05) is 30.4 Å². The molecule has 2 heterocycles. The summed E-state index contributed by atoms with van der Waals surface area (Å²) in [4.78, 5) is 19.0. The number of hydrogen-bond acceptors (Lipinski definition) is 5. The normalized spacial score (nSPS) is 14.3. The van der Waals surface area contributed by atoms with E-state index in [2.05, 4.69) is 19.9 Å². The van der Waals surface area contributed by atoms with Crippen LogP contribution in [-0.4, -0.2) is 39.4 Å². The number of benzene rings is 1. The Hall–Kier alpha value is -2.45. The highest BCUT2D eigenvalue weighted by atomic mass is 32.2. The minimum absolute atomic E-state index is 0.0994. The highest BCUT2D eigenvalue weighted by Crippen LogP contribution is 2.19. The maximum absolute atomic E-state index is 12.1.